The van der Waals surface area contributed by atoms with E-state index in [9.17, 15) is 14.4 Å². The number of imide groups is 1. The molecule has 1 aliphatic carbocycles. The number of rotatable bonds is 10. The predicted octanol–water partition coefficient (Wildman–Crippen LogP) is 4.44. The number of nitrogens with one attached hydrogen (secondary N) is 2. The molecule has 2 aromatic heterocycles. The number of ether oxygens (including phenoxy) is 1. The number of anilines is 2. The Morgan fingerprint density at radius 3 is 2.32 bits per heavy atom. The zero-order chi connectivity index (χ0) is 37.5. The number of piperazine rings is 1. The van der Waals surface area contributed by atoms with Gasteiger partial charge in [0.05, 0.1) is 11.7 Å². The number of hydrogen-bond donors (Lipinski definition) is 3. The molecule has 1 atom stereocenters. The topological polar surface area (TPSA) is 176 Å². The highest BCUT2D eigenvalue weighted by atomic mass is 16.6. The first-order valence-corrected chi connectivity index (χ1v) is 18.4. The Balaban J connectivity index is 1.14. The third-order valence-corrected chi connectivity index (χ3v) is 9.92. The Morgan fingerprint density at radius 2 is 1.68 bits per heavy atom. The number of carbonyl (C=O) groups excluding carboxylic acids is 3. The number of alkyl carbamates (subject to hydrolysis) is 1. The number of benzene rings is 2. The van der Waals surface area contributed by atoms with Crippen LogP contribution in [0, 0.1) is 11.8 Å². The van der Waals surface area contributed by atoms with Crippen molar-refractivity contribution in [2.24, 2.45) is 17.6 Å². The Bertz CT molecular complexity index is 1830. The minimum absolute atomic E-state index is 0.207. The van der Waals surface area contributed by atoms with Crippen molar-refractivity contribution >= 4 is 29.4 Å². The average Bonchev–Trinajstić information content (AvgIpc) is 3.70. The van der Waals surface area contributed by atoms with Gasteiger partial charge in [0.25, 0.3) is 5.91 Å². The first-order valence-electron chi connectivity index (χ1n) is 18.4. The number of tetrazole rings is 1. The molecule has 6 rings (SSSR count). The van der Waals surface area contributed by atoms with Crippen LogP contribution in [0.1, 0.15) is 52.0 Å². The van der Waals surface area contributed by atoms with Crippen LogP contribution in [0.4, 0.5) is 16.3 Å². The van der Waals surface area contributed by atoms with Gasteiger partial charge in [-0.3, -0.25) is 9.59 Å². The Hall–Kier alpha value is -5.21. The monoisotopic (exact) mass is 722 g/mol. The maximum Gasteiger partial charge on any atom is 0.407 e. The largest absolute Gasteiger partial charge is 0.444 e. The van der Waals surface area contributed by atoms with E-state index in [2.05, 4.69) is 54.9 Å². The second-order valence-corrected chi connectivity index (χ2v) is 15.1. The summed E-state index contributed by atoms with van der Waals surface area (Å²) in [4.78, 5) is 51.3. The van der Waals surface area contributed by atoms with E-state index in [0.717, 1.165) is 61.5 Å². The van der Waals surface area contributed by atoms with Gasteiger partial charge in [-0.15, -0.1) is 5.10 Å². The number of aromatic amines is 1. The first-order chi connectivity index (χ1) is 25.4. The number of H-pyrrole nitrogens is 1. The van der Waals surface area contributed by atoms with Crippen LogP contribution < -0.4 is 20.9 Å². The van der Waals surface area contributed by atoms with E-state index in [1.807, 2.05) is 51.2 Å². The fourth-order valence-electron chi connectivity index (χ4n) is 6.92. The molecule has 14 nitrogen and oxygen atoms in total. The molecule has 4 N–H and O–H groups in total. The lowest BCUT2D eigenvalue weighted by atomic mass is 9.81. The van der Waals surface area contributed by atoms with Crippen molar-refractivity contribution in [2.75, 3.05) is 49.6 Å². The molecular formula is C39H50N10O4. The molecule has 14 heteroatoms. The quantitative estimate of drug-likeness (QED) is 0.211. The van der Waals surface area contributed by atoms with Gasteiger partial charge >= 0.3 is 6.09 Å². The second kappa shape index (κ2) is 16.6. The van der Waals surface area contributed by atoms with E-state index in [1.54, 1.807) is 24.3 Å². The number of pyridine rings is 1. The number of carbonyl (C=O) groups is 3. The number of aromatic nitrogens is 5. The van der Waals surface area contributed by atoms with Gasteiger partial charge in [0.1, 0.15) is 11.4 Å². The van der Waals surface area contributed by atoms with Crippen molar-refractivity contribution < 1.29 is 19.1 Å². The maximum atomic E-state index is 14.2. The SMILES string of the molecule is CN1CCN(c2ccc(-c3cccc(C[C@H](N)C(=O)N(c4ccc(-c5nnn[nH]5)cc4)C(=O)[C@H]4CC[C@H](CNC(=O)OC(C)(C)C)CC4)c3)cn2)CC1. The van der Waals surface area contributed by atoms with Crippen LogP contribution >= 0.6 is 0 Å². The fraction of sp³-hybridized carbons (Fsp3) is 0.462. The Kier molecular flexibility index (Phi) is 11.8. The second-order valence-electron chi connectivity index (χ2n) is 15.1. The normalized spacial score (nSPS) is 18.6. The highest BCUT2D eigenvalue weighted by Gasteiger charge is 2.35. The van der Waals surface area contributed by atoms with Gasteiger partial charge in [-0.2, -0.15) is 0 Å². The van der Waals surface area contributed by atoms with E-state index in [-0.39, 0.29) is 24.2 Å². The molecule has 2 aliphatic rings. The van der Waals surface area contributed by atoms with Crippen molar-refractivity contribution in [3.8, 4) is 22.5 Å². The fourth-order valence-corrected chi connectivity index (χ4v) is 6.92. The summed E-state index contributed by atoms with van der Waals surface area (Å²) in [5.41, 5.74) is 10.0. The lowest BCUT2D eigenvalue weighted by molar-refractivity contribution is -0.130. The van der Waals surface area contributed by atoms with Crippen LogP contribution in [0.3, 0.4) is 0 Å². The molecule has 0 spiro atoms. The van der Waals surface area contributed by atoms with Crippen molar-refractivity contribution in [3.05, 3.63) is 72.4 Å². The molecule has 0 unspecified atom stereocenters. The molecular weight excluding hydrogens is 672 g/mol. The molecule has 2 fully saturated rings. The van der Waals surface area contributed by atoms with Crippen molar-refractivity contribution in [2.45, 2.75) is 64.5 Å². The Labute approximate surface area is 310 Å². The highest BCUT2D eigenvalue weighted by Crippen LogP contribution is 2.32. The summed E-state index contributed by atoms with van der Waals surface area (Å²) in [6.07, 6.45) is 4.32. The van der Waals surface area contributed by atoms with E-state index in [4.69, 9.17) is 15.5 Å². The minimum Gasteiger partial charge on any atom is -0.444 e. The number of likely N-dealkylation sites (N-methyl/N-ethyl adjacent to an activating group) is 1. The lowest BCUT2D eigenvalue weighted by Gasteiger charge is -2.33. The van der Waals surface area contributed by atoms with Gasteiger partial charge in [-0.05, 0) is 124 Å². The maximum absolute atomic E-state index is 14.2. The van der Waals surface area contributed by atoms with Gasteiger partial charge in [0.15, 0.2) is 5.82 Å². The summed E-state index contributed by atoms with van der Waals surface area (Å²) in [7, 11) is 2.13. The third-order valence-electron chi connectivity index (χ3n) is 9.92. The van der Waals surface area contributed by atoms with E-state index in [1.165, 1.54) is 4.90 Å². The molecule has 2 aromatic carbocycles. The summed E-state index contributed by atoms with van der Waals surface area (Å²) in [6, 6.07) is 18.1. The summed E-state index contributed by atoms with van der Waals surface area (Å²) < 4.78 is 5.37. The number of hydrogen-bond acceptors (Lipinski definition) is 11. The van der Waals surface area contributed by atoms with Gasteiger partial charge in [-0.25, -0.2) is 19.8 Å². The molecule has 280 valence electrons. The van der Waals surface area contributed by atoms with Crippen LogP contribution in [-0.4, -0.2) is 99.8 Å². The van der Waals surface area contributed by atoms with Crippen molar-refractivity contribution in [3.63, 3.8) is 0 Å². The molecule has 4 aromatic rings. The van der Waals surface area contributed by atoms with Crippen LogP contribution in [0.5, 0.6) is 0 Å². The van der Waals surface area contributed by atoms with E-state index in [0.29, 0.717) is 36.5 Å². The summed E-state index contributed by atoms with van der Waals surface area (Å²) in [5.74, 6) is 0.524. The number of nitrogens with zero attached hydrogens (tertiary/aromatic N) is 7. The molecule has 0 bridgehead atoms. The smallest absolute Gasteiger partial charge is 0.407 e. The molecule has 1 saturated heterocycles. The predicted molar refractivity (Wildman–Crippen MR) is 203 cm³/mol. The standard InChI is InChI=1S/C39H50N10O4/c1-39(2,3)53-38(52)42-24-26-8-10-29(11-9-26)36(50)49(32-15-12-28(13-16-32)35-43-45-46-44-35)37(51)33(40)23-27-6-5-7-30(22-27)31-14-17-34(41-25-31)48-20-18-47(4)19-21-48/h5-7,12-17,22,25-26,29,33H,8-11,18-21,23-24,40H2,1-4H3,(H,42,52)(H,43,44,45,46)/t26-,29-,33-/m0/s1. The zero-order valence-electron chi connectivity index (χ0n) is 31.0. The molecule has 0 radical (unpaired) electrons. The van der Waals surface area contributed by atoms with Crippen LogP contribution in [-0.2, 0) is 20.7 Å². The summed E-state index contributed by atoms with van der Waals surface area (Å²) >= 11 is 0. The highest BCUT2D eigenvalue weighted by molar-refractivity contribution is 6.17. The lowest BCUT2D eigenvalue weighted by Crippen LogP contribution is -2.50. The molecule has 1 aliphatic heterocycles. The van der Waals surface area contributed by atoms with Gasteiger partial charge in [-0.1, -0.05) is 24.3 Å². The van der Waals surface area contributed by atoms with E-state index < -0.39 is 23.6 Å². The van der Waals surface area contributed by atoms with Gasteiger partial charge < -0.3 is 25.6 Å². The molecule has 53 heavy (non-hydrogen) atoms. The number of amides is 3. The minimum atomic E-state index is -0.973. The molecule has 1 saturated carbocycles. The summed E-state index contributed by atoms with van der Waals surface area (Å²) in [6.45, 7) is 9.85. The molecule has 3 amide bonds. The van der Waals surface area contributed by atoms with Crippen LogP contribution in [0.25, 0.3) is 22.5 Å². The zero-order valence-corrected chi connectivity index (χ0v) is 31.0. The average molecular weight is 723 g/mol. The molecule has 3 heterocycles. The third kappa shape index (κ3) is 9.82. The van der Waals surface area contributed by atoms with Crippen molar-refractivity contribution in [1.29, 1.82) is 0 Å². The summed E-state index contributed by atoms with van der Waals surface area (Å²) in [5, 5.41) is 16.8. The van der Waals surface area contributed by atoms with Gasteiger partial charge in [0.2, 0.25) is 5.91 Å². The number of nitrogens with two attached hydrogens (primary N) is 1. The Morgan fingerprint density at radius 1 is 0.962 bits per heavy atom. The van der Waals surface area contributed by atoms with Gasteiger partial charge in [0, 0.05) is 56.0 Å². The van der Waals surface area contributed by atoms with Crippen LogP contribution in [0.15, 0.2) is 66.9 Å². The first kappa shape index (κ1) is 37.5. The van der Waals surface area contributed by atoms with Crippen LogP contribution in [0.2, 0.25) is 0 Å². The van der Waals surface area contributed by atoms with Crippen molar-refractivity contribution in [1.82, 2.24) is 35.8 Å². The van der Waals surface area contributed by atoms with E-state index >= 15 is 0 Å².